The Labute approximate surface area is 209 Å². The molecule has 37 heavy (non-hydrogen) atoms. The zero-order valence-corrected chi connectivity index (χ0v) is 19.9. The molecular formula is C23H30F6N2O6. The van der Waals surface area contributed by atoms with Gasteiger partial charge in [-0.25, -0.2) is 9.59 Å². The van der Waals surface area contributed by atoms with Gasteiger partial charge in [-0.05, 0) is 24.3 Å². The molecule has 2 N–H and O–H groups in total. The third kappa shape index (κ3) is 10.5. The molecule has 3 heterocycles. The van der Waals surface area contributed by atoms with Crippen LogP contribution in [0.2, 0.25) is 0 Å². The van der Waals surface area contributed by atoms with Crippen LogP contribution in [0.3, 0.4) is 0 Å². The quantitative estimate of drug-likeness (QED) is 0.560. The monoisotopic (exact) mass is 544 g/mol. The van der Waals surface area contributed by atoms with Crippen molar-refractivity contribution >= 4 is 11.9 Å². The number of halogens is 6. The smallest absolute Gasteiger partial charge is 0.475 e. The van der Waals surface area contributed by atoms with Crippen molar-refractivity contribution in [3.63, 3.8) is 0 Å². The van der Waals surface area contributed by atoms with Crippen molar-refractivity contribution in [2.45, 2.75) is 43.9 Å². The second-order valence-electron chi connectivity index (χ2n) is 8.74. The van der Waals surface area contributed by atoms with Gasteiger partial charge in [0.1, 0.15) is 0 Å². The molecule has 0 bridgehead atoms. The maximum atomic E-state index is 10.6. The van der Waals surface area contributed by atoms with Crippen molar-refractivity contribution in [2.24, 2.45) is 5.92 Å². The van der Waals surface area contributed by atoms with Crippen molar-refractivity contribution in [2.75, 3.05) is 46.0 Å². The maximum Gasteiger partial charge on any atom is 0.490 e. The van der Waals surface area contributed by atoms with E-state index < -0.39 is 24.3 Å². The lowest BCUT2D eigenvalue weighted by Gasteiger charge is -2.50. The van der Waals surface area contributed by atoms with E-state index in [1.165, 1.54) is 24.9 Å². The number of carboxylic acids is 2. The van der Waals surface area contributed by atoms with Crippen LogP contribution in [0.25, 0.3) is 0 Å². The first-order chi connectivity index (χ1) is 17.3. The largest absolute Gasteiger partial charge is 0.490 e. The average Bonchev–Trinajstić information content (AvgIpc) is 2.84. The molecule has 3 atom stereocenters. The highest BCUT2D eigenvalue weighted by molar-refractivity contribution is 5.73. The van der Waals surface area contributed by atoms with Crippen LogP contribution < -0.4 is 0 Å². The average molecular weight is 544 g/mol. The Bertz CT molecular complexity index is 824. The lowest BCUT2D eigenvalue weighted by Crippen LogP contribution is -2.62. The molecule has 8 nitrogen and oxygen atoms in total. The van der Waals surface area contributed by atoms with Gasteiger partial charge in [-0.3, -0.25) is 9.80 Å². The van der Waals surface area contributed by atoms with Gasteiger partial charge in [-0.15, -0.1) is 0 Å². The van der Waals surface area contributed by atoms with Crippen LogP contribution in [0, 0.1) is 5.92 Å². The van der Waals surface area contributed by atoms with Gasteiger partial charge in [0.05, 0.1) is 19.3 Å². The first-order valence-corrected chi connectivity index (χ1v) is 11.6. The van der Waals surface area contributed by atoms with Crippen molar-refractivity contribution in [3.05, 3.63) is 35.9 Å². The highest BCUT2D eigenvalue weighted by atomic mass is 19.4. The number of hydrogen-bond donors (Lipinski definition) is 2. The number of carbonyl (C=O) groups is 2. The molecule has 4 rings (SSSR count). The van der Waals surface area contributed by atoms with Gasteiger partial charge in [0.25, 0.3) is 0 Å². The summed E-state index contributed by atoms with van der Waals surface area (Å²) in [7, 11) is 0. The third-order valence-electron chi connectivity index (χ3n) is 6.06. The molecule has 3 saturated heterocycles. The Kier molecular flexibility index (Phi) is 11.6. The minimum Gasteiger partial charge on any atom is -0.475 e. The number of rotatable bonds is 3. The van der Waals surface area contributed by atoms with E-state index in [-0.39, 0.29) is 0 Å². The second kappa shape index (κ2) is 13.9. The molecule has 0 amide bonds. The molecule has 3 aliphatic heterocycles. The summed E-state index contributed by atoms with van der Waals surface area (Å²) in [6.45, 7) is 8.15. The first kappa shape index (κ1) is 30.8. The summed E-state index contributed by atoms with van der Waals surface area (Å²) in [5.74, 6) is -4.82. The predicted octanol–water partition coefficient (Wildman–Crippen LogP) is 3.26. The molecule has 3 aliphatic rings. The van der Waals surface area contributed by atoms with E-state index in [1.807, 2.05) is 0 Å². The van der Waals surface area contributed by atoms with Crippen LogP contribution in [0.15, 0.2) is 30.3 Å². The van der Waals surface area contributed by atoms with E-state index in [4.69, 9.17) is 29.3 Å². The van der Waals surface area contributed by atoms with E-state index >= 15 is 0 Å². The number of likely N-dealkylation sites (tertiary alicyclic amines) is 1. The zero-order chi connectivity index (χ0) is 27.6. The molecule has 0 unspecified atom stereocenters. The standard InChI is InChI=1S/C19H28N2O2.2C2HF3O2/c1-2-5-16(6-3-1)13-20-14-17-7-4-10-23-19(17)18(15-20)21-8-11-22-12-9-21;2*3-2(4,5)1(6)7/h1-3,5-6,17-19H,4,7-15H2;2*(H,6,7)/t17-,18+,19-;;/m0../s1. The van der Waals surface area contributed by atoms with Crippen LogP contribution in [0.4, 0.5) is 26.3 Å². The fourth-order valence-electron chi connectivity index (χ4n) is 4.46. The Hall–Kier alpha value is -2.42. The van der Waals surface area contributed by atoms with Gasteiger partial charge in [0.15, 0.2) is 0 Å². The first-order valence-electron chi connectivity index (χ1n) is 11.6. The van der Waals surface area contributed by atoms with E-state index in [2.05, 4.69) is 40.1 Å². The highest BCUT2D eigenvalue weighted by Crippen LogP contribution is 2.32. The number of aliphatic carboxylic acids is 2. The molecule has 3 fully saturated rings. The summed E-state index contributed by atoms with van der Waals surface area (Å²) < 4.78 is 75.3. The van der Waals surface area contributed by atoms with Crippen molar-refractivity contribution in [1.82, 2.24) is 9.80 Å². The predicted molar refractivity (Wildman–Crippen MR) is 118 cm³/mol. The molecule has 1 aromatic carbocycles. The number of fused-ring (bicyclic) bond motifs is 1. The topological polar surface area (TPSA) is 99.5 Å². The lowest BCUT2D eigenvalue weighted by atomic mass is 9.84. The number of piperidine rings is 1. The van der Waals surface area contributed by atoms with Gasteiger partial charge in [0.2, 0.25) is 0 Å². The van der Waals surface area contributed by atoms with E-state index in [1.54, 1.807) is 0 Å². The third-order valence-corrected chi connectivity index (χ3v) is 6.06. The lowest BCUT2D eigenvalue weighted by molar-refractivity contribution is -0.193. The van der Waals surface area contributed by atoms with Crippen molar-refractivity contribution in [3.8, 4) is 0 Å². The van der Waals surface area contributed by atoms with Crippen LogP contribution in [0.5, 0.6) is 0 Å². The molecular weight excluding hydrogens is 514 g/mol. The number of nitrogens with zero attached hydrogens (tertiary/aromatic N) is 2. The summed E-state index contributed by atoms with van der Waals surface area (Å²) in [6, 6.07) is 11.4. The van der Waals surface area contributed by atoms with E-state index in [0.29, 0.717) is 18.1 Å². The molecule has 0 saturated carbocycles. The van der Waals surface area contributed by atoms with Gasteiger partial charge >= 0.3 is 24.3 Å². The second-order valence-corrected chi connectivity index (χ2v) is 8.74. The summed E-state index contributed by atoms with van der Waals surface area (Å²) >= 11 is 0. The van der Waals surface area contributed by atoms with Crippen LogP contribution in [-0.4, -0.2) is 102 Å². The summed E-state index contributed by atoms with van der Waals surface area (Å²) in [6.07, 6.45) is -7.21. The molecule has 0 aromatic heterocycles. The fraction of sp³-hybridized carbons (Fsp3) is 0.652. The number of ether oxygens (including phenoxy) is 2. The molecule has 14 heteroatoms. The number of benzene rings is 1. The summed E-state index contributed by atoms with van der Waals surface area (Å²) in [4.78, 5) is 23.1. The zero-order valence-electron chi connectivity index (χ0n) is 19.9. The minimum absolute atomic E-state index is 0.425. The van der Waals surface area contributed by atoms with Gasteiger partial charge in [-0.1, -0.05) is 30.3 Å². The summed E-state index contributed by atoms with van der Waals surface area (Å²) in [5.41, 5.74) is 1.42. The molecule has 0 radical (unpaired) electrons. The maximum absolute atomic E-state index is 10.6. The SMILES string of the molecule is O=C(O)C(F)(F)F.O=C(O)C(F)(F)F.c1ccc(CN2C[C@@H]3CCCO[C@@H]3[C@H](N3CCOCC3)C2)cc1. The van der Waals surface area contributed by atoms with Crippen molar-refractivity contribution < 1.29 is 55.6 Å². The Balaban J connectivity index is 0.000000286. The molecule has 1 aromatic rings. The molecule has 210 valence electrons. The number of morpholine rings is 1. The number of alkyl halides is 6. The minimum atomic E-state index is -5.08. The van der Waals surface area contributed by atoms with Gasteiger partial charge in [0, 0.05) is 45.4 Å². The molecule has 0 spiro atoms. The Morgan fingerprint density at radius 1 is 0.892 bits per heavy atom. The van der Waals surface area contributed by atoms with Gasteiger partial charge < -0.3 is 19.7 Å². The number of hydrogen-bond acceptors (Lipinski definition) is 6. The van der Waals surface area contributed by atoms with Gasteiger partial charge in [-0.2, -0.15) is 26.3 Å². The Morgan fingerprint density at radius 3 is 1.95 bits per heavy atom. The normalized spacial score (nSPS) is 25.0. The van der Waals surface area contributed by atoms with Crippen molar-refractivity contribution in [1.29, 1.82) is 0 Å². The number of carboxylic acid groups (broad SMARTS) is 2. The highest BCUT2D eigenvalue weighted by Gasteiger charge is 2.42. The summed E-state index contributed by atoms with van der Waals surface area (Å²) in [5, 5.41) is 14.2. The van der Waals surface area contributed by atoms with Crippen LogP contribution in [-0.2, 0) is 25.6 Å². The Morgan fingerprint density at radius 2 is 1.43 bits per heavy atom. The van der Waals surface area contributed by atoms with E-state index in [0.717, 1.165) is 46.0 Å². The van der Waals surface area contributed by atoms with Crippen LogP contribution in [0.1, 0.15) is 18.4 Å². The molecule has 0 aliphatic carbocycles. The van der Waals surface area contributed by atoms with E-state index in [9.17, 15) is 26.3 Å². The van der Waals surface area contributed by atoms with Crippen LogP contribution >= 0.6 is 0 Å². The fourth-order valence-corrected chi connectivity index (χ4v) is 4.46.